The first-order chi connectivity index (χ1) is 15.1. The van der Waals surface area contributed by atoms with E-state index in [1.54, 1.807) is 11.8 Å². The van der Waals surface area contributed by atoms with E-state index in [4.69, 9.17) is 16.3 Å². The topological polar surface area (TPSA) is 110 Å². The number of anilines is 3. The van der Waals surface area contributed by atoms with Crippen LogP contribution in [0.25, 0.3) is 0 Å². The van der Waals surface area contributed by atoms with E-state index < -0.39 is 39.3 Å². The van der Waals surface area contributed by atoms with Crippen molar-refractivity contribution < 1.29 is 27.6 Å². The average molecular weight is 474 g/mol. The lowest BCUT2D eigenvalue weighted by Crippen LogP contribution is -2.40. The van der Waals surface area contributed by atoms with Gasteiger partial charge < -0.3 is 15.0 Å². The normalized spacial score (nSPS) is 16.5. The Morgan fingerprint density at radius 2 is 2.16 bits per heavy atom. The van der Waals surface area contributed by atoms with Crippen LogP contribution in [0, 0.1) is 16.0 Å². The van der Waals surface area contributed by atoms with Crippen molar-refractivity contribution in [1.82, 2.24) is 9.97 Å². The Morgan fingerprint density at radius 1 is 1.41 bits per heavy atom. The molecule has 13 heteroatoms. The number of ether oxygens (including phenoxy) is 1. The summed E-state index contributed by atoms with van der Waals surface area (Å²) in [5.74, 6) is -1.19. The van der Waals surface area contributed by atoms with Gasteiger partial charge >= 0.3 is 17.8 Å². The Morgan fingerprint density at radius 3 is 2.81 bits per heavy atom. The fourth-order valence-corrected chi connectivity index (χ4v) is 3.66. The second-order valence-electron chi connectivity index (χ2n) is 7.01. The van der Waals surface area contributed by atoms with Crippen LogP contribution in [0.15, 0.2) is 24.5 Å². The summed E-state index contributed by atoms with van der Waals surface area (Å²) >= 11 is 5.63. The lowest BCUT2D eigenvalue weighted by atomic mass is 9.98. The molecule has 2 aromatic rings. The van der Waals surface area contributed by atoms with Crippen LogP contribution in [-0.4, -0.2) is 40.6 Å². The number of benzene rings is 1. The second-order valence-corrected chi connectivity index (χ2v) is 7.41. The van der Waals surface area contributed by atoms with Crippen molar-refractivity contribution >= 4 is 40.6 Å². The maximum atomic E-state index is 13.1. The molecule has 172 valence electrons. The molecule has 0 bridgehead atoms. The van der Waals surface area contributed by atoms with Crippen molar-refractivity contribution in [3.63, 3.8) is 0 Å². The van der Waals surface area contributed by atoms with E-state index in [0.29, 0.717) is 19.4 Å². The molecule has 1 atom stereocenters. The zero-order valence-electron chi connectivity index (χ0n) is 16.9. The van der Waals surface area contributed by atoms with Crippen LogP contribution in [0.4, 0.5) is 36.2 Å². The van der Waals surface area contributed by atoms with Gasteiger partial charge in [-0.05, 0) is 38.0 Å². The maximum absolute atomic E-state index is 13.1. The molecule has 0 spiro atoms. The summed E-state index contributed by atoms with van der Waals surface area (Å²) < 4.78 is 44.5. The molecule has 1 aromatic heterocycles. The zero-order valence-corrected chi connectivity index (χ0v) is 17.6. The Kier molecular flexibility index (Phi) is 7.02. The average Bonchev–Trinajstić information content (AvgIpc) is 2.74. The summed E-state index contributed by atoms with van der Waals surface area (Å²) in [7, 11) is 0. The van der Waals surface area contributed by atoms with E-state index in [1.807, 2.05) is 0 Å². The molecule has 1 fully saturated rings. The van der Waals surface area contributed by atoms with Gasteiger partial charge in [0.05, 0.1) is 28.0 Å². The van der Waals surface area contributed by atoms with Gasteiger partial charge in [-0.2, -0.15) is 13.2 Å². The first kappa shape index (κ1) is 23.5. The van der Waals surface area contributed by atoms with Crippen LogP contribution in [0.3, 0.4) is 0 Å². The third-order valence-corrected chi connectivity index (χ3v) is 5.19. The number of carbonyl (C=O) groups is 1. The number of nitrogens with zero attached hydrogens (tertiary/aromatic N) is 4. The van der Waals surface area contributed by atoms with E-state index in [0.717, 1.165) is 18.5 Å². The Hall–Kier alpha value is -3.15. The highest BCUT2D eigenvalue weighted by Gasteiger charge is 2.35. The van der Waals surface area contributed by atoms with Crippen molar-refractivity contribution in [1.29, 1.82) is 0 Å². The van der Waals surface area contributed by atoms with Crippen LogP contribution in [0.2, 0.25) is 5.02 Å². The smallest absolute Gasteiger partial charge is 0.417 e. The minimum atomic E-state index is -4.70. The number of rotatable bonds is 6. The number of nitro groups is 1. The van der Waals surface area contributed by atoms with Crippen LogP contribution in [-0.2, 0) is 15.7 Å². The number of nitrogens with one attached hydrogen (secondary N) is 1. The number of aromatic nitrogens is 2. The number of hydrogen-bond acceptors (Lipinski definition) is 8. The number of carbonyl (C=O) groups excluding carboxylic acids is 1. The summed E-state index contributed by atoms with van der Waals surface area (Å²) in [5, 5.41) is 13.9. The van der Waals surface area contributed by atoms with Crippen LogP contribution >= 0.6 is 11.6 Å². The van der Waals surface area contributed by atoms with Crippen molar-refractivity contribution in [3.8, 4) is 0 Å². The Balaban J connectivity index is 1.94. The largest absolute Gasteiger partial charge is 0.466 e. The fourth-order valence-electron chi connectivity index (χ4n) is 3.44. The lowest BCUT2D eigenvalue weighted by molar-refractivity contribution is -0.383. The Labute approximate surface area is 185 Å². The van der Waals surface area contributed by atoms with E-state index in [-0.39, 0.29) is 30.5 Å². The predicted molar refractivity (Wildman–Crippen MR) is 110 cm³/mol. The number of alkyl halides is 3. The summed E-state index contributed by atoms with van der Waals surface area (Å²) in [6, 6.07) is 3.03. The first-order valence-electron chi connectivity index (χ1n) is 9.66. The molecule has 0 amide bonds. The zero-order chi connectivity index (χ0) is 23.5. The van der Waals surface area contributed by atoms with Gasteiger partial charge in [0.15, 0.2) is 0 Å². The minimum Gasteiger partial charge on any atom is -0.466 e. The molecule has 9 nitrogen and oxygen atoms in total. The highest BCUT2D eigenvalue weighted by Crippen LogP contribution is 2.39. The van der Waals surface area contributed by atoms with Gasteiger partial charge in [0.25, 0.3) is 0 Å². The van der Waals surface area contributed by atoms with Gasteiger partial charge in [0, 0.05) is 18.8 Å². The summed E-state index contributed by atoms with van der Waals surface area (Å²) in [5.41, 5.74) is -1.69. The highest BCUT2D eigenvalue weighted by molar-refractivity contribution is 6.31. The van der Waals surface area contributed by atoms with Crippen molar-refractivity contribution in [3.05, 3.63) is 45.2 Å². The minimum absolute atomic E-state index is 0.0356. The molecule has 1 aliphatic heterocycles. The third-order valence-electron chi connectivity index (χ3n) is 4.86. The molecule has 1 N–H and O–H groups in total. The number of piperidine rings is 1. The second kappa shape index (κ2) is 9.55. The number of halogens is 4. The third kappa shape index (κ3) is 5.18. The maximum Gasteiger partial charge on any atom is 0.417 e. The SMILES string of the molecule is CCOC(=O)C1CCCN(c2ncnc(Nc3ccc(Cl)c(C(F)(F)F)c3)c2[N+](=O)[O-])C1. The monoisotopic (exact) mass is 473 g/mol. The molecule has 0 radical (unpaired) electrons. The van der Waals surface area contributed by atoms with Crippen molar-refractivity contribution in [2.75, 3.05) is 29.9 Å². The van der Waals surface area contributed by atoms with E-state index in [1.165, 1.54) is 6.07 Å². The van der Waals surface area contributed by atoms with Crippen molar-refractivity contribution in [2.45, 2.75) is 25.9 Å². The quantitative estimate of drug-likeness (QED) is 0.369. The molecular formula is C19H19ClF3N5O4. The molecule has 1 aliphatic rings. The van der Waals surface area contributed by atoms with Gasteiger partial charge in [-0.3, -0.25) is 14.9 Å². The molecule has 32 heavy (non-hydrogen) atoms. The molecule has 1 aromatic carbocycles. The van der Waals surface area contributed by atoms with Crippen molar-refractivity contribution in [2.24, 2.45) is 5.92 Å². The molecule has 1 unspecified atom stereocenters. The fraction of sp³-hybridized carbons (Fsp3) is 0.421. The molecule has 1 saturated heterocycles. The van der Waals surface area contributed by atoms with E-state index in [2.05, 4.69) is 15.3 Å². The highest BCUT2D eigenvalue weighted by atomic mass is 35.5. The Bertz CT molecular complexity index is 1020. The predicted octanol–water partition coefficient (Wildman–Crippen LogP) is 4.58. The van der Waals surface area contributed by atoms with Gasteiger partial charge in [-0.15, -0.1) is 0 Å². The molecule has 0 saturated carbocycles. The molecular weight excluding hydrogens is 455 g/mol. The number of hydrogen-bond donors (Lipinski definition) is 1. The van der Waals surface area contributed by atoms with Crippen LogP contribution in [0.1, 0.15) is 25.3 Å². The van der Waals surface area contributed by atoms with Gasteiger partial charge in [0.1, 0.15) is 6.33 Å². The van der Waals surface area contributed by atoms with Gasteiger partial charge in [-0.1, -0.05) is 11.6 Å². The van der Waals surface area contributed by atoms with Gasteiger partial charge in [0.2, 0.25) is 11.6 Å². The standard InChI is InChI=1S/C19H19ClF3N5O4/c1-2-32-18(29)11-4-3-7-27(9-11)17-15(28(30)31)16(24-10-25-17)26-12-5-6-14(20)13(8-12)19(21,22)23/h5-6,8,10-11H,2-4,7,9H2,1H3,(H,24,25,26). The van der Waals surface area contributed by atoms with Gasteiger partial charge in [-0.25, -0.2) is 9.97 Å². The van der Waals surface area contributed by atoms with E-state index >= 15 is 0 Å². The first-order valence-corrected chi connectivity index (χ1v) is 10.0. The van der Waals surface area contributed by atoms with Crippen LogP contribution < -0.4 is 10.2 Å². The lowest BCUT2D eigenvalue weighted by Gasteiger charge is -2.32. The van der Waals surface area contributed by atoms with Crippen LogP contribution in [0.5, 0.6) is 0 Å². The molecule has 2 heterocycles. The molecule has 0 aliphatic carbocycles. The van der Waals surface area contributed by atoms with E-state index in [9.17, 15) is 28.1 Å². The summed E-state index contributed by atoms with van der Waals surface area (Å²) in [6.07, 6.45) is -2.48. The molecule has 3 rings (SSSR count). The number of esters is 1. The summed E-state index contributed by atoms with van der Waals surface area (Å²) in [4.78, 5) is 32.7. The summed E-state index contributed by atoms with van der Waals surface area (Å²) in [6.45, 7) is 2.48.